The normalized spacial score (nSPS) is 29.5. The topological polar surface area (TPSA) is 160 Å². The Balaban J connectivity index is 0.882. The summed E-state index contributed by atoms with van der Waals surface area (Å²) in [7, 11) is -3.67. The van der Waals surface area contributed by atoms with Gasteiger partial charge in [-0.1, -0.05) is 33.6 Å². The SMILES string of the molecule is C[C@H](CCC(=O)NCCOCCOCCOCCC(=O)NCCOCCOCCOCCOP(=O)(O)C(C)(C)C)C1CCC2C3CCC4CCCC[C@]4(C)C3CC[C@@]21C. The zero-order chi connectivity index (χ0) is 42.8. The predicted octanol–water partition coefficient (Wildman–Crippen LogP) is 7.17. The van der Waals surface area contributed by atoms with Gasteiger partial charge in [0.1, 0.15) is 0 Å². The Bertz CT molecular complexity index is 1280. The lowest BCUT2D eigenvalue weighted by atomic mass is 9.44. The van der Waals surface area contributed by atoms with Crippen molar-refractivity contribution < 1.29 is 52.0 Å². The molecule has 0 spiro atoms. The standard InChI is InChI=1S/C45H83N2O11P/c1-35(38-13-14-39-37-12-11-36-9-7-8-18-44(36,5)40(37)16-19-45(38,39)6)10-15-41(48)46-20-23-53-26-29-55-28-25-52-22-17-42(49)47-21-24-54-27-30-56-31-32-57-33-34-58-59(50,51)43(2,3)4/h35-40H,7-34H2,1-6H3,(H,46,48)(H,47,49)(H,50,51)/t35-,36?,37?,38?,39?,40?,44+,45-/m1/s1. The second kappa shape index (κ2) is 25.2. The molecule has 4 aliphatic carbocycles. The van der Waals surface area contributed by atoms with E-state index in [1.54, 1.807) is 20.8 Å². The summed E-state index contributed by atoms with van der Waals surface area (Å²) in [6, 6.07) is 0. The second-order valence-electron chi connectivity index (χ2n) is 19.3. The van der Waals surface area contributed by atoms with Crippen LogP contribution in [0.1, 0.15) is 125 Å². The first kappa shape index (κ1) is 50.5. The zero-order valence-electron chi connectivity index (χ0n) is 37.7. The molecule has 9 atom stereocenters. The summed E-state index contributed by atoms with van der Waals surface area (Å²) in [5.41, 5.74) is 1.05. The van der Waals surface area contributed by atoms with Crippen molar-refractivity contribution >= 4 is 19.4 Å². The summed E-state index contributed by atoms with van der Waals surface area (Å²) >= 11 is 0. The first-order valence-corrected chi connectivity index (χ1v) is 24.7. The lowest BCUT2D eigenvalue weighted by molar-refractivity contribution is -0.123. The molecule has 0 aromatic heterocycles. The van der Waals surface area contributed by atoms with Crippen LogP contribution in [-0.4, -0.2) is 121 Å². The van der Waals surface area contributed by atoms with Gasteiger partial charge in [0.05, 0.1) is 91.0 Å². The van der Waals surface area contributed by atoms with E-state index in [1.165, 1.54) is 64.2 Å². The molecule has 0 aromatic carbocycles. The van der Waals surface area contributed by atoms with Crippen LogP contribution in [0, 0.1) is 46.3 Å². The van der Waals surface area contributed by atoms with Gasteiger partial charge in [-0.2, -0.15) is 0 Å². The minimum Gasteiger partial charge on any atom is -0.379 e. The predicted molar refractivity (Wildman–Crippen MR) is 229 cm³/mol. The quantitative estimate of drug-likeness (QED) is 0.0517. The van der Waals surface area contributed by atoms with E-state index in [9.17, 15) is 19.0 Å². The highest BCUT2D eigenvalue weighted by molar-refractivity contribution is 7.54. The van der Waals surface area contributed by atoms with Gasteiger partial charge in [0.15, 0.2) is 0 Å². The number of amides is 2. The van der Waals surface area contributed by atoms with E-state index in [4.69, 9.17) is 32.9 Å². The highest BCUT2D eigenvalue weighted by Crippen LogP contribution is 2.68. The van der Waals surface area contributed by atoms with Gasteiger partial charge in [-0.15, -0.1) is 0 Å². The Kier molecular flexibility index (Phi) is 21.6. The summed E-state index contributed by atoms with van der Waals surface area (Å²) in [6.45, 7) is 18.2. The van der Waals surface area contributed by atoms with E-state index in [-0.39, 0.29) is 31.4 Å². The molecule has 344 valence electrons. The van der Waals surface area contributed by atoms with Crippen LogP contribution in [0.5, 0.6) is 0 Å². The molecule has 0 aromatic rings. The van der Waals surface area contributed by atoms with Crippen LogP contribution in [0.3, 0.4) is 0 Å². The molecule has 14 heteroatoms. The molecular weight excluding hydrogens is 775 g/mol. The molecule has 6 unspecified atom stereocenters. The fraction of sp³-hybridized carbons (Fsp3) is 0.956. The number of hydrogen-bond donors (Lipinski definition) is 3. The third-order valence-electron chi connectivity index (χ3n) is 14.6. The monoisotopic (exact) mass is 859 g/mol. The molecule has 4 saturated carbocycles. The molecule has 4 rings (SSSR count). The van der Waals surface area contributed by atoms with Crippen molar-refractivity contribution in [1.29, 1.82) is 0 Å². The van der Waals surface area contributed by atoms with E-state index in [0.29, 0.717) is 109 Å². The smallest absolute Gasteiger partial charge is 0.333 e. The third-order valence-corrected chi connectivity index (χ3v) is 16.8. The van der Waals surface area contributed by atoms with E-state index < -0.39 is 12.8 Å². The Hall–Kier alpha value is -1.15. The Morgan fingerprint density at radius 1 is 0.644 bits per heavy atom. The average molecular weight is 859 g/mol. The van der Waals surface area contributed by atoms with Crippen molar-refractivity contribution in [3.05, 3.63) is 0 Å². The number of hydrogen-bond acceptors (Lipinski definition) is 10. The molecule has 2 amide bonds. The number of carbonyl (C=O) groups excluding carboxylic acids is 2. The Morgan fingerprint density at radius 3 is 1.76 bits per heavy atom. The van der Waals surface area contributed by atoms with E-state index in [1.807, 2.05) is 0 Å². The van der Waals surface area contributed by atoms with Crippen molar-refractivity contribution in [2.75, 3.05) is 99.0 Å². The van der Waals surface area contributed by atoms with Gasteiger partial charge in [-0.3, -0.25) is 14.2 Å². The number of rotatable bonds is 29. The molecule has 0 saturated heterocycles. The van der Waals surface area contributed by atoms with Gasteiger partial charge in [-0.05, 0) is 125 Å². The lowest BCUT2D eigenvalue weighted by Gasteiger charge is -2.61. The lowest BCUT2D eigenvalue weighted by Crippen LogP contribution is -2.53. The van der Waals surface area contributed by atoms with E-state index in [0.717, 1.165) is 36.0 Å². The minimum absolute atomic E-state index is 0.0425. The van der Waals surface area contributed by atoms with Crippen LogP contribution < -0.4 is 10.6 Å². The molecule has 4 aliphatic rings. The third kappa shape index (κ3) is 15.6. The number of nitrogens with one attached hydrogen (secondary N) is 2. The second-order valence-corrected chi connectivity index (χ2v) is 21.9. The summed E-state index contributed by atoms with van der Waals surface area (Å²) in [5.74, 6) is 5.09. The number of ether oxygens (including phenoxy) is 6. The molecule has 0 heterocycles. The Morgan fingerprint density at radius 2 is 1.17 bits per heavy atom. The van der Waals surface area contributed by atoms with Crippen molar-refractivity contribution in [1.82, 2.24) is 10.6 Å². The molecule has 3 N–H and O–H groups in total. The van der Waals surface area contributed by atoms with Gasteiger partial charge in [-0.25, -0.2) is 0 Å². The van der Waals surface area contributed by atoms with Gasteiger partial charge in [0.2, 0.25) is 11.8 Å². The molecule has 0 aliphatic heterocycles. The first-order valence-electron chi connectivity index (χ1n) is 23.2. The molecule has 13 nitrogen and oxygen atoms in total. The molecule has 0 bridgehead atoms. The summed E-state index contributed by atoms with van der Waals surface area (Å²) in [5, 5.41) is 5.02. The van der Waals surface area contributed by atoms with Crippen LogP contribution >= 0.6 is 7.60 Å². The maximum atomic E-state index is 12.7. The molecule has 59 heavy (non-hydrogen) atoms. The number of carbonyl (C=O) groups is 2. The highest BCUT2D eigenvalue weighted by Gasteiger charge is 2.60. The van der Waals surface area contributed by atoms with Crippen LogP contribution in [-0.2, 0) is 47.1 Å². The van der Waals surface area contributed by atoms with Crippen molar-refractivity contribution in [2.45, 2.75) is 130 Å². The largest absolute Gasteiger partial charge is 0.379 e. The average Bonchev–Trinajstić information content (AvgIpc) is 3.55. The van der Waals surface area contributed by atoms with Gasteiger partial charge in [0.25, 0.3) is 0 Å². The van der Waals surface area contributed by atoms with Gasteiger partial charge < -0.3 is 48.5 Å². The van der Waals surface area contributed by atoms with Gasteiger partial charge in [0, 0.05) is 25.9 Å². The summed E-state index contributed by atoms with van der Waals surface area (Å²) in [4.78, 5) is 34.5. The molecule has 4 fully saturated rings. The van der Waals surface area contributed by atoms with Crippen LogP contribution in [0.25, 0.3) is 0 Å². The van der Waals surface area contributed by atoms with Gasteiger partial charge >= 0.3 is 7.60 Å². The number of fused-ring (bicyclic) bond motifs is 5. The Labute approximate surface area is 356 Å². The van der Waals surface area contributed by atoms with Crippen molar-refractivity contribution in [3.8, 4) is 0 Å². The fourth-order valence-corrected chi connectivity index (χ4v) is 11.9. The molecular formula is C45H83N2O11P. The zero-order valence-corrected chi connectivity index (χ0v) is 38.6. The fourth-order valence-electron chi connectivity index (χ4n) is 11.2. The van der Waals surface area contributed by atoms with E-state index in [2.05, 4.69) is 31.4 Å². The van der Waals surface area contributed by atoms with Crippen molar-refractivity contribution in [2.24, 2.45) is 46.3 Å². The maximum Gasteiger partial charge on any atom is 0.333 e. The van der Waals surface area contributed by atoms with E-state index >= 15 is 0 Å². The highest BCUT2D eigenvalue weighted by atomic mass is 31.2. The summed E-state index contributed by atoms with van der Waals surface area (Å²) < 4.78 is 50.0. The van der Waals surface area contributed by atoms with Crippen molar-refractivity contribution in [3.63, 3.8) is 0 Å². The maximum absolute atomic E-state index is 12.7. The van der Waals surface area contributed by atoms with Crippen LogP contribution in [0.2, 0.25) is 0 Å². The summed E-state index contributed by atoms with van der Waals surface area (Å²) in [6.07, 6.45) is 16.2. The molecule has 0 radical (unpaired) electrons. The minimum atomic E-state index is -3.67. The van der Waals surface area contributed by atoms with Crippen LogP contribution in [0.4, 0.5) is 0 Å². The van der Waals surface area contributed by atoms with Crippen LogP contribution in [0.15, 0.2) is 0 Å². The first-order chi connectivity index (χ1) is 28.2.